The molecule has 3 nitrogen and oxygen atoms in total. The topological polar surface area (TPSA) is 43.8 Å². The zero-order chi connectivity index (χ0) is 11.7. The van der Waals surface area contributed by atoms with Crippen molar-refractivity contribution in [3.63, 3.8) is 0 Å². The Labute approximate surface area is 93.7 Å². The van der Waals surface area contributed by atoms with Crippen molar-refractivity contribution in [1.29, 1.82) is 0 Å². The van der Waals surface area contributed by atoms with E-state index in [2.05, 4.69) is 5.10 Å². The van der Waals surface area contributed by atoms with E-state index in [4.69, 9.17) is 5.73 Å². The molecule has 0 atom stereocenters. The molecule has 0 unspecified atom stereocenters. The summed E-state index contributed by atoms with van der Waals surface area (Å²) in [5, 5.41) is 4.13. The summed E-state index contributed by atoms with van der Waals surface area (Å²) >= 11 is 0. The maximum absolute atomic E-state index is 13.7. The SMILES string of the molecule is CCc1c(N)nn(C)c1-c1ccccc1F. The third-order valence-corrected chi connectivity index (χ3v) is 2.66. The van der Waals surface area contributed by atoms with E-state index < -0.39 is 0 Å². The van der Waals surface area contributed by atoms with E-state index in [1.54, 1.807) is 29.9 Å². The molecule has 1 aromatic carbocycles. The smallest absolute Gasteiger partial charge is 0.149 e. The lowest BCUT2D eigenvalue weighted by molar-refractivity contribution is 0.628. The minimum Gasteiger partial charge on any atom is -0.382 e. The lowest BCUT2D eigenvalue weighted by Gasteiger charge is -2.06. The molecule has 0 aliphatic rings. The van der Waals surface area contributed by atoms with Gasteiger partial charge in [0, 0.05) is 18.2 Å². The number of halogens is 1. The molecule has 2 aromatic rings. The van der Waals surface area contributed by atoms with Crippen LogP contribution in [0.2, 0.25) is 0 Å². The summed E-state index contributed by atoms with van der Waals surface area (Å²) in [7, 11) is 1.78. The number of benzene rings is 1. The van der Waals surface area contributed by atoms with Crippen LogP contribution in [0.1, 0.15) is 12.5 Å². The van der Waals surface area contributed by atoms with Crippen molar-refractivity contribution in [2.45, 2.75) is 13.3 Å². The maximum atomic E-state index is 13.7. The third-order valence-electron chi connectivity index (χ3n) is 2.66. The fourth-order valence-electron chi connectivity index (χ4n) is 1.93. The average Bonchev–Trinajstić information content (AvgIpc) is 2.54. The second kappa shape index (κ2) is 3.96. The molecular formula is C12H14FN3. The zero-order valence-corrected chi connectivity index (χ0v) is 9.37. The van der Waals surface area contributed by atoms with Crippen molar-refractivity contribution in [3.8, 4) is 11.3 Å². The molecule has 2 rings (SSSR count). The molecule has 0 saturated carbocycles. The van der Waals surface area contributed by atoms with E-state index in [9.17, 15) is 4.39 Å². The number of rotatable bonds is 2. The van der Waals surface area contributed by atoms with Gasteiger partial charge in [-0.2, -0.15) is 5.10 Å². The standard InChI is InChI=1S/C12H14FN3/c1-3-8-11(16(2)15-12(8)14)9-6-4-5-7-10(9)13/h4-7H,3H2,1-2H3,(H2,14,15). The van der Waals surface area contributed by atoms with Crippen LogP contribution >= 0.6 is 0 Å². The number of nitrogen functional groups attached to an aromatic ring is 1. The van der Waals surface area contributed by atoms with Crippen LogP contribution in [0.3, 0.4) is 0 Å². The van der Waals surface area contributed by atoms with Crippen molar-refractivity contribution < 1.29 is 4.39 Å². The first kappa shape index (κ1) is 10.7. The molecule has 2 N–H and O–H groups in total. The van der Waals surface area contributed by atoms with E-state index in [0.29, 0.717) is 11.4 Å². The van der Waals surface area contributed by atoms with Crippen LogP contribution in [-0.2, 0) is 13.5 Å². The van der Waals surface area contributed by atoms with Crippen LogP contribution in [-0.4, -0.2) is 9.78 Å². The quantitative estimate of drug-likeness (QED) is 0.842. The van der Waals surface area contributed by atoms with Gasteiger partial charge in [0.05, 0.1) is 5.69 Å². The lowest BCUT2D eigenvalue weighted by Crippen LogP contribution is -1.97. The molecule has 0 fully saturated rings. The van der Waals surface area contributed by atoms with Gasteiger partial charge < -0.3 is 5.73 Å². The highest BCUT2D eigenvalue weighted by Gasteiger charge is 2.16. The maximum Gasteiger partial charge on any atom is 0.149 e. The van der Waals surface area contributed by atoms with Crippen LogP contribution in [0.15, 0.2) is 24.3 Å². The molecule has 16 heavy (non-hydrogen) atoms. The van der Waals surface area contributed by atoms with Crippen LogP contribution in [0.5, 0.6) is 0 Å². The first-order valence-electron chi connectivity index (χ1n) is 5.21. The van der Waals surface area contributed by atoms with Gasteiger partial charge in [-0.25, -0.2) is 4.39 Å². The fourth-order valence-corrected chi connectivity index (χ4v) is 1.93. The normalized spacial score (nSPS) is 10.7. The lowest BCUT2D eigenvalue weighted by atomic mass is 10.1. The number of hydrogen-bond acceptors (Lipinski definition) is 2. The van der Waals surface area contributed by atoms with Crippen molar-refractivity contribution in [2.75, 3.05) is 5.73 Å². The fraction of sp³-hybridized carbons (Fsp3) is 0.250. The number of hydrogen-bond donors (Lipinski definition) is 1. The van der Waals surface area contributed by atoms with Crippen molar-refractivity contribution in [3.05, 3.63) is 35.6 Å². The van der Waals surface area contributed by atoms with Gasteiger partial charge in [-0.15, -0.1) is 0 Å². The van der Waals surface area contributed by atoms with Gasteiger partial charge in [0.15, 0.2) is 0 Å². The van der Waals surface area contributed by atoms with Gasteiger partial charge in [0.2, 0.25) is 0 Å². The molecule has 0 saturated heterocycles. The molecule has 0 bridgehead atoms. The Morgan fingerprint density at radius 1 is 1.38 bits per heavy atom. The van der Waals surface area contributed by atoms with Gasteiger partial charge in [0.25, 0.3) is 0 Å². The van der Waals surface area contributed by atoms with Gasteiger partial charge in [0.1, 0.15) is 11.6 Å². The first-order chi connectivity index (χ1) is 7.65. The number of nitrogens with zero attached hydrogens (tertiary/aromatic N) is 2. The molecule has 1 heterocycles. The summed E-state index contributed by atoms with van der Waals surface area (Å²) in [6, 6.07) is 6.66. The van der Waals surface area contributed by atoms with E-state index in [0.717, 1.165) is 17.7 Å². The Kier molecular flexibility index (Phi) is 2.64. The minimum absolute atomic E-state index is 0.250. The van der Waals surface area contributed by atoms with Crippen LogP contribution in [0.4, 0.5) is 10.2 Å². The van der Waals surface area contributed by atoms with E-state index >= 15 is 0 Å². The molecule has 4 heteroatoms. The predicted molar refractivity (Wildman–Crippen MR) is 62.4 cm³/mol. The number of nitrogens with two attached hydrogens (primary N) is 1. The summed E-state index contributed by atoms with van der Waals surface area (Å²) in [4.78, 5) is 0. The monoisotopic (exact) mass is 219 g/mol. The molecule has 0 radical (unpaired) electrons. The minimum atomic E-state index is -0.250. The molecule has 0 aliphatic heterocycles. The van der Waals surface area contributed by atoms with E-state index in [1.165, 1.54) is 6.07 Å². The summed E-state index contributed by atoms with van der Waals surface area (Å²) < 4.78 is 15.3. The van der Waals surface area contributed by atoms with Crippen LogP contribution in [0.25, 0.3) is 11.3 Å². The average molecular weight is 219 g/mol. The second-order valence-electron chi connectivity index (χ2n) is 3.67. The van der Waals surface area contributed by atoms with Gasteiger partial charge >= 0.3 is 0 Å². The van der Waals surface area contributed by atoms with E-state index in [1.807, 2.05) is 6.92 Å². The molecule has 1 aromatic heterocycles. The Morgan fingerprint density at radius 2 is 2.06 bits per heavy atom. The van der Waals surface area contributed by atoms with Crippen LogP contribution in [0, 0.1) is 5.82 Å². The summed E-state index contributed by atoms with van der Waals surface area (Å²) in [6.07, 6.45) is 0.739. The summed E-state index contributed by atoms with van der Waals surface area (Å²) in [5.74, 6) is 0.225. The predicted octanol–water partition coefficient (Wildman–Crippen LogP) is 2.37. The number of aromatic nitrogens is 2. The molecule has 0 amide bonds. The van der Waals surface area contributed by atoms with Crippen molar-refractivity contribution in [2.24, 2.45) is 7.05 Å². The largest absolute Gasteiger partial charge is 0.382 e. The van der Waals surface area contributed by atoms with Crippen LogP contribution < -0.4 is 5.73 Å². The highest BCUT2D eigenvalue weighted by Crippen LogP contribution is 2.29. The Morgan fingerprint density at radius 3 is 2.69 bits per heavy atom. The Balaban J connectivity index is 2.69. The zero-order valence-electron chi connectivity index (χ0n) is 9.37. The summed E-state index contributed by atoms with van der Waals surface area (Å²) in [5.41, 5.74) is 7.99. The summed E-state index contributed by atoms with van der Waals surface area (Å²) in [6.45, 7) is 1.98. The van der Waals surface area contributed by atoms with Gasteiger partial charge in [-0.05, 0) is 18.6 Å². The van der Waals surface area contributed by atoms with E-state index in [-0.39, 0.29) is 5.82 Å². The van der Waals surface area contributed by atoms with Gasteiger partial charge in [-0.1, -0.05) is 19.1 Å². The third kappa shape index (κ3) is 1.56. The van der Waals surface area contributed by atoms with Crippen molar-refractivity contribution in [1.82, 2.24) is 9.78 Å². The van der Waals surface area contributed by atoms with Crippen molar-refractivity contribution >= 4 is 5.82 Å². The Bertz CT molecular complexity index is 517. The molecule has 0 spiro atoms. The Hall–Kier alpha value is -1.84. The number of aryl methyl sites for hydroxylation is 1. The highest BCUT2D eigenvalue weighted by molar-refractivity contribution is 5.69. The first-order valence-corrected chi connectivity index (χ1v) is 5.21. The van der Waals surface area contributed by atoms with Gasteiger partial charge in [-0.3, -0.25) is 4.68 Å². The highest BCUT2D eigenvalue weighted by atomic mass is 19.1. The second-order valence-corrected chi connectivity index (χ2v) is 3.67. The number of anilines is 1. The molecule has 0 aliphatic carbocycles. The molecular weight excluding hydrogens is 205 g/mol. The molecule has 84 valence electrons.